The summed E-state index contributed by atoms with van der Waals surface area (Å²) < 4.78 is 39.0. The van der Waals surface area contributed by atoms with Gasteiger partial charge in [0.2, 0.25) is 5.91 Å². The average Bonchev–Trinajstić information content (AvgIpc) is 2.37. The molecule has 3 nitrogen and oxygen atoms in total. The van der Waals surface area contributed by atoms with Gasteiger partial charge in [-0.15, -0.1) is 0 Å². The minimum absolute atomic E-state index is 0.00225. The molecule has 0 aromatic rings. The Morgan fingerprint density at radius 3 is 2.35 bits per heavy atom. The summed E-state index contributed by atoms with van der Waals surface area (Å²) in [4.78, 5) is 12.2. The standard InChI is InChI=1S/C14H23F3N2O/c1-13(2)10(18)7-11(13)19-12(20)8-5-3-4-6-9(8)14(15,16)17/h8-11H,3-7,18H2,1-2H3,(H,19,20). The number of alkyl halides is 3. The van der Waals surface area contributed by atoms with Crippen molar-refractivity contribution in [3.05, 3.63) is 0 Å². The van der Waals surface area contributed by atoms with Crippen LogP contribution < -0.4 is 11.1 Å². The third-order valence-electron chi connectivity index (χ3n) is 5.18. The van der Waals surface area contributed by atoms with E-state index in [0.717, 1.165) is 0 Å². The number of halogens is 3. The van der Waals surface area contributed by atoms with Gasteiger partial charge in [-0.05, 0) is 19.3 Å². The highest BCUT2D eigenvalue weighted by atomic mass is 19.4. The topological polar surface area (TPSA) is 55.1 Å². The molecule has 2 fully saturated rings. The van der Waals surface area contributed by atoms with Crippen molar-refractivity contribution < 1.29 is 18.0 Å². The lowest BCUT2D eigenvalue weighted by atomic mass is 9.63. The van der Waals surface area contributed by atoms with Crippen LogP contribution in [0.4, 0.5) is 13.2 Å². The van der Waals surface area contributed by atoms with Crippen molar-refractivity contribution in [3.8, 4) is 0 Å². The lowest BCUT2D eigenvalue weighted by Gasteiger charge is -2.51. The maximum absolute atomic E-state index is 13.0. The fourth-order valence-electron chi connectivity index (χ4n) is 3.32. The molecule has 116 valence electrons. The number of rotatable bonds is 2. The van der Waals surface area contributed by atoms with Crippen LogP contribution in [0.5, 0.6) is 0 Å². The van der Waals surface area contributed by atoms with E-state index in [1.807, 2.05) is 13.8 Å². The maximum Gasteiger partial charge on any atom is 0.392 e. The predicted octanol–water partition coefficient (Wildman–Crippen LogP) is 2.60. The normalized spacial score (nSPS) is 37.1. The van der Waals surface area contributed by atoms with Crippen LogP contribution in [0.3, 0.4) is 0 Å². The molecule has 1 amide bonds. The summed E-state index contributed by atoms with van der Waals surface area (Å²) in [5.74, 6) is -2.87. The first-order chi connectivity index (χ1) is 9.14. The first-order valence-corrected chi connectivity index (χ1v) is 7.26. The molecule has 2 aliphatic rings. The predicted molar refractivity (Wildman–Crippen MR) is 69.8 cm³/mol. The zero-order chi connectivity index (χ0) is 15.1. The molecule has 2 saturated carbocycles. The third-order valence-corrected chi connectivity index (χ3v) is 5.18. The van der Waals surface area contributed by atoms with Gasteiger partial charge in [-0.3, -0.25) is 4.79 Å². The number of nitrogens with one attached hydrogen (secondary N) is 1. The quantitative estimate of drug-likeness (QED) is 0.822. The molecule has 4 atom stereocenters. The van der Waals surface area contributed by atoms with Crippen LogP contribution in [0.1, 0.15) is 46.0 Å². The summed E-state index contributed by atoms with van der Waals surface area (Å²) in [6, 6.07) is -0.113. The molecule has 0 heterocycles. The van der Waals surface area contributed by atoms with Gasteiger partial charge in [0.25, 0.3) is 0 Å². The monoisotopic (exact) mass is 292 g/mol. The molecule has 2 rings (SSSR count). The second kappa shape index (κ2) is 5.20. The maximum atomic E-state index is 13.0. The van der Waals surface area contributed by atoms with Crippen LogP contribution in [0.2, 0.25) is 0 Å². The minimum atomic E-state index is -4.28. The van der Waals surface area contributed by atoms with E-state index in [0.29, 0.717) is 25.7 Å². The fourth-order valence-corrected chi connectivity index (χ4v) is 3.32. The zero-order valence-electron chi connectivity index (χ0n) is 12.0. The smallest absolute Gasteiger partial charge is 0.352 e. The van der Waals surface area contributed by atoms with Gasteiger partial charge in [-0.25, -0.2) is 0 Å². The highest BCUT2D eigenvalue weighted by molar-refractivity contribution is 5.79. The Balaban J connectivity index is 2.00. The number of hydrogen-bond donors (Lipinski definition) is 2. The largest absolute Gasteiger partial charge is 0.392 e. The van der Waals surface area contributed by atoms with Crippen LogP contribution in [0.25, 0.3) is 0 Å². The SMILES string of the molecule is CC1(C)C(N)CC1NC(=O)C1CCCCC1C(F)(F)F. The molecule has 4 unspecified atom stereocenters. The molecule has 20 heavy (non-hydrogen) atoms. The summed E-state index contributed by atoms with van der Waals surface area (Å²) in [5.41, 5.74) is 5.63. The van der Waals surface area contributed by atoms with Crippen molar-refractivity contribution >= 4 is 5.91 Å². The van der Waals surface area contributed by atoms with Gasteiger partial charge in [-0.2, -0.15) is 13.2 Å². The van der Waals surface area contributed by atoms with Crippen molar-refractivity contribution in [3.63, 3.8) is 0 Å². The lowest BCUT2D eigenvalue weighted by Crippen LogP contribution is -2.65. The van der Waals surface area contributed by atoms with Crippen molar-refractivity contribution in [2.75, 3.05) is 0 Å². The first-order valence-electron chi connectivity index (χ1n) is 7.26. The Labute approximate surface area is 117 Å². The van der Waals surface area contributed by atoms with E-state index in [9.17, 15) is 18.0 Å². The highest BCUT2D eigenvalue weighted by Gasteiger charge is 2.51. The van der Waals surface area contributed by atoms with E-state index in [2.05, 4.69) is 5.32 Å². The van der Waals surface area contributed by atoms with E-state index in [1.165, 1.54) is 0 Å². The van der Waals surface area contributed by atoms with E-state index in [1.54, 1.807) is 0 Å². The average molecular weight is 292 g/mol. The zero-order valence-corrected chi connectivity index (χ0v) is 12.0. The van der Waals surface area contributed by atoms with Gasteiger partial charge in [0.15, 0.2) is 0 Å². The van der Waals surface area contributed by atoms with Gasteiger partial charge in [0.1, 0.15) is 0 Å². The number of amides is 1. The molecule has 0 aromatic carbocycles. The van der Waals surface area contributed by atoms with Crippen LogP contribution >= 0.6 is 0 Å². The molecule has 0 aliphatic heterocycles. The summed E-state index contributed by atoms with van der Waals surface area (Å²) >= 11 is 0. The molecule has 0 saturated heterocycles. The molecule has 0 radical (unpaired) electrons. The second-order valence-electron chi connectivity index (χ2n) is 6.76. The van der Waals surface area contributed by atoms with Gasteiger partial charge in [0.05, 0.1) is 5.92 Å². The minimum Gasteiger partial charge on any atom is -0.352 e. The molecule has 0 aromatic heterocycles. The Kier molecular flexibility index (Phi) is 4.06. The summed E-state index contributed by atoms with van der Waals surface area (Å²) in [7, 11) is 0. The number of carbonyl (C=O) groups excluding carboxylic acids is 1. The number of carbonyl (C=O) groups is 1. The Bertz CT molecular complexity index is 381. The van der Waals surface area contributed by atoms with Crippen molar-refractivity contribution in [1.82, 2.24) is 5.32 Å². The van der Waals surface area contributed by atoms with Crippen LogP contribution in [0.15, 0.2) is 0 Å². The fraction of sp³-hybridized carbons (Fsp3) is 0.929. The van der Waals surface area contributed by atoms with E-state index in [4.69, 9.17) is 5.73 Å². The second-order valence-corrected chi connectivity index (χ2v) is 6.76. The van der Waals surface area contributed by atoms with Crippen LogP contribution in [0, 0.1) is 17.3 Å². The van der Waals surface area contributed by atoms with Crippen LogP contribution in [-0.4, -0.2) is 24.2 Å². The Morgan fingerprint density at radius 1 is 1.25 bits per heavy atom. The molecular formula is C14H23F3N2O. The number of hydrogen-bond acceptors (Lipinski definition) is 2. The van der Waals surface area contributed by atoms with Gasteiger partial charge >= 0.3 is 6.18 Å². The van der Waals surface area contributed by atoms with Gasteiger partial charge < -0.3 is 11.1 Å². The van der Waals surface area contributed by atoms with Crippen molar-refractivity contribution in [2.45, 2.75) is 64.2 Å². The number of nitrogens with two attached hydrogens (primary N) is 1. The molecule has 6 heteroatoms. The lowest BCUT2D eigenvalue weighted by molar-refractivity contribution is -0.198. The van der Waals surface area contributed by atoms with Gasteiger partial charge in [-0.1, -0.05) is 26.7 Å². The summed E-state index contributed by atoms with van der Waals surface area (Å²) in [6.45, 7) is 3.88. The third kappa shape index (κ3) is 2.80. The van der Waals surface area contributed by atoms with E-state index >= 15 is 0 Å². The molecule has 0 spiro atoms. The summed E-state index contributed by atoms with van der Waals surface area (Å²) in [6.07, 6.45) is -2.01. The van der Waals surface area contributed by atoms with Crippen LogP contribution in [-0.2, 0) is 4.79 Å². The highest BCUT2D eigenvalue weighted by Crippen LogP contribution is 2.43. The first kappa shape index (κ1) is 15.6. The molecule has 0 bridgehead atoms. The van der Waals surface area contributed by atoms with Crippen molar-refractivity contribution in [1.29, 1.82) is 0 Å². The van der Waals surface area contributed by atoms with E-state index < -0.39 is 23.9 Å². The molecule has 2 aliphatic carbocycles. The Hall–Kier alpha value is -0.780. The summed E-state index contributed by atoms with van der Waals surface area (Å²) in [5, 5.41) is 2.79. The molecule has 3 N–H and O–H groups in total. The van der Waals surface area contributed by atoms with E-state index in [-0.39, 0.29) is 23.9 Å². The Morgan fingerprint density at radius 2 is 1.85 bits per heavy atom. The van der Waals surface area contributed by atoms with Gasteiger partial charge in [0, 0.05) is 23.4 Å². The molecular weight excluding hydrogens is 269 g/mol. The van der Waals surface area contributed by atoms with Crippen molar-refractivity contribution in [2.24, 2.45) is 23.0 Å².